The van der Waals surface area contributed by atoms with E-state index in [1.807, 2.05) is 32.2 Å². The Labute approximate surface area is 450 Å². The first-order valence-corrected chi connectivity index (χ1v) is 28.6. The summed E-state index contributed by atoms with van der Waals surface area (Å²) < 4.78 is 40.1. The van der Waals surface area contributed by atoms with Crippen molar-refractivity contribution in [3.05, 3.63) is 204 Å². The third-order valence-electron chi connectivity index (χ3n) is 14.1. The van der Waals surface area contributed by atoms with Gasteiger partial charge in [0.2, 0.25) is 0 Å². The van der Waals surface area contributed by atoms with Gasteiger partial charge in [-0.15, -0.1) is 53.6 Å². The van der Waals surface area contributed by atoms with Crippen LogP contribution in [0.2, 0.25) is 19.6 Å². The normalized spacial score (nSPS) is 13.1. The summed E-state index contributed by atoms with van der Waals surface area (Å²) in [4.78, 5) is 10.0. The minimum atomic E-state index is -2.13. The van der Waals surface area contributed by atoms with Crippen molar-refractivity contribution in [2.75, 3.05) is 0 Å². The Morgan fingerprint density at radius 3 is 1.96 bits per heavy atom. The Balaban J connectivity index is 0.000000228. The third kappa shape index (κ3) is 9.16. The molecule has 0 aliphatic carbocycles. The molecule has 0 aliphatic rings. The Morgan fingerprint density at radius 2 is 1.29 bits per heavy atom. The van der Waals surface area contributed by atoms with E-state index in [0.717, 1.165) is 61.2 Å². The van der Waals surface area contributed by atoms with Crippen molar-refractivity contribution in [1.29, 1.82) is 0 Å². The number of pyridine rings is 1. The molecule has 0 bridgehead atoms. The largest absolute Gasteiger partial charge is 0.501 e. The van der Waals surface area contributed by atoms with Gasteiger partial charge >= 0.3 is 0 Å². The maximum atomic E-state index is 8.48. The van der Waals surface area contributed by atoms with E-state index in [1.165, 1.54) is 71.5 Å². The summed E-state index contributed by atoms with van der Waals surface area (Å²) in [5, 5.41) is 10.5. The van der Waals surface area contributed by atoms with Gasteiger partial charge in [-0.05, 0) is 108 Å². The van der Waals surface area contributed by atoms with Crippen molar-refractivity contribution in [3.63, 3.8) is 0 Å². The summed E-state index contributed by atoms with van der Waals surface area (Å²) >= 11 is 0. The topological polar surface area (TPSA) is 43.9 Å². The van der Waals surface area contributed by atoms with E-state index in [-0.39, 0.29) is 37.5 Å². The van der Waals surface area contributed by atoms with Gasteiger partial charge in [0.15, 0.2) is 0 Å². The van der Waals surface area contributed by atoms with Gasteiger partial charge in [-0.1, -0.05) is 188 Å². The standard InChI is InChI=1S/C49H37N2O.C18H24NSi.Ir/c1-29(2)40-26-35(31-13-6-5-7-14-31)27-41(30(3)4)46(40)51-47-37-18-11-9-16-33(37)23-24-44(47)50-49(51)39-20-12-19-38-43-25-34-22-21-32-15-8-10-17-36(32)42(34)28-45(43)52-48(38)39;1-13(2)16-11-17(15-9-7-14(3)8-10-15)19-12-18(16)20(4,5)6;/h5-19,21-30H,1-4H3;7-9,11-13H,1-6H3;/q2*-1;/i;3D3,13D;. The maximum absolute atomic E-state index is 8.48. The zero-order chi connectivity index (χ0) is 53.4. The molecule has 12 aromatic rings. The van der Waals surface area contributed by atoms with Crippen molar-refractivity contribution in [2.45, 2.75) is 85.8 Å². The minimum absolute atomic E-state index is 0. The number of furan rings is 1. The van der Waals surface area contributed by atoms with Gasteiger partial charge < -0.3 is 14.0 Å². The van der Waals surface area contributed by atoms with Gasteiger partial charge in [-0.2, -0.15) is 0 Å². The second-order valence-electron chi connectivity index (χ2n) is 21.0. The van der Waals surface area contributed by atoms with E-state index >= 15 is 0 Å². The first-order valence-electron chi connectivity index (χ1n) is 27.1. The molecule has 3 heterocycles. The maximum Gasteiger partial charge on any atom is 0.121 e. The molecule has 9 aromatic carbocycles. The van der Waals surface area contributed by atoms with E-state index in [4.69, 9.17) is 14.9 Å². The van der Waals surface area contributed by atoms with Crippen LogP contribution in [0.4, 0.5) is 0 Å². The first-order chi connectivity index (χ1) is 36.2. The summed E-state index contributed by atoms with van der Waals surface area (Å²) in [5.41, 5.74) is 13.5. The zero-order valence-electron chi connectivity index (χ0n) is 46.9. The van der Waals surface area contributed by atoms with Crippen LogP contribution in [0.3, 0.4) is 0 Å². The number of aryl methyl sites for hydroxylation is 1. The summed E-state index contributed by atoms with van der Waals surface area (Å²) in [6.45, 7) is 17.6. The van der Waals surface area contributed by atoms with Crippen LogP contribution in [0.5, 0.6) is 0 Å². The number of aromatic nitrogens is 3. The Kier molecular flexibility index (Phi) is 12.1. The van der Waals surface area contributed by atoms with Crippen molar-refractivity contribution in [3.8, 4) is 39.5 Å². The number of nitrogens with zero attached hydrogens (tertiary/aromatic N) is 3. The van der Waals surface area contributed by atoms with Gasteiger partial charge in [-0.25, -0.2) is 0 Å². The SMILES string of the molecule is CC(C)c1cc(-c2ccccc2)cc(C(C)C)c1-n1c(-c2[c-]ccc3c2oc2cc4c(ccc5ccccc54)cc23)nc2ccc3ccccc3c21.[2H]C([2H])([2H])c1c[c-]c(-c2cc(C([2H])(C)C)c([Si](C)(C)C)cn2)cc1.[Ir]. The van der Waals surface area contributed by atoms with Crippen LogP contribution in [0, 0.1) is 19.0 Å². The fourth-order valence-electron chi connectivity index (χ4n) is 10.4. The molecular weight excluding hydrogens is 1080 g/mol. The number of rotatable bonds is 8. The molecule has 0 spiro atoms. The van der Waals surface area contributed by atoms with Crippen molar-refractivity contribution in [2.24, 2.45) is 0 Å². The van der Waals surface area contributed by atoms with E-state index in [0.29, 0.717) is 0 Å². The Morgan fingerprint density at radius 1 is 0.616 bits per heavy atom. The molecule has 0 fully saturated rings. The van der Waals surface area contributed by atoms with Gasteiger partial charge in [0.1, 0.15) is 5.58 Å². The zero-order valence-corrected chi connectivity index (χ0v) is 46.3. The van der Waals surface area contributed by atoms with Gasteiger partial charge in [0.25, 0.3) is 0 Å². The molecule has 12 rings (SSSR count). The minimum Gasteiger partial charge on any atom is -0.501 e. The molecule has 73 heavy (non-hydrogen) atoms. The van der Waals surface area contributed by atoms with E-state index in [2.05, 4.69) is 202 Å². The fourth-order valence-corrected chi connectivity index (χ4v) is 12.0. The van der Waals surface area contributed by atoms with E-state index < -0.39 is 20.8 Å². The second-order valence-corrected chi connectivity index (χ2v) is 26.1. The van der Waals surface area contributed by atoms with Crippen LogP contribution in [0.1, 0.15) is 87.0 Å². The number of imidazole rings is 1. The Bertz CT molecular complexity index is 4160. The monoisotopic (exact) mass is 1150 g/mol. The molecule has 0 atom stereocenters. The number of hydrogen-bond donors (Lipinski definition) is 0. The van der Waals surface area contributed by atoms with Crippen LogP contribution in [0.15, 0.2) is 174 Å². The summed E-state index contributed by atoms with van der Waals surface area (Å²) in [6, 6.07) is 63.6. The molecule has 6 heteroatoms. The first kappa shape index (κ1) is 44.7. The molecule has 0 saturated carbocycles. The number of fused-ring (bicyclic) bond motifs is 9. The molecule has 0 saturated heterocycles. The van der Waals surface area contributed by atoms with Crippen molar-refractivity contribution in [1.82, 2.24) is 14.5 Å². The molecular formula is C67H61IrN3OSi-2. The predicted molar refractivity (Wildman–Crippen MR) is 309 cm³/mol. The summed E-state index contributed by atoms with van der Waals surface area (Å²) in [5.74, 6) is 0.628. The van der Waals surface area contributed by atoms with E-state index in [9.17, 15) is 0 Å². The molecule has 365 valence electrons. The summed E-state index contributed by atoms with van der Waals surface area (Å²) in [7, 11) is -1.61. The average molecular weight is 1150 g/mol. The van der Waals surface area contributed by atoms with Gasteiger partial charge in [0.05, 0.1) is 30.5 Å². The van der Waals surface area contributed by atoms with E-state index in [1.54, 1.807) is 12.1 Å². The molecule has 0 amide bonds. The summed E-state index contributed by atoms with van der Waals surface area (Å²) in [6.07, 6.45) is 1.89. The van der Waals surface area contributed by atoms with Gasteiger partial charge in [0, 0.05) is 48.2 Å². The Hall–Kier alpha value is -6.95. The van der Waals surface area contributed by atoms with Crippen LogP contribution in [-0.4, -0.2) is 22.6 Å². The average Bonchev–Trinajstić information content (AvgIpc) is 4.05. The second kappa shape index (κ2) is 19.8. The molecule has 0 N–H and O–H groups in total. The van der Waals surface area contributed by atoms with Gasteiger partial charge in [-0.3, -0.25) is 4.98 Å². The molecule has 1 radical (unpaired) electrons. The molecule has 0 aliphatic heterocycles. The third-order valence-corrected chi connectivity index (χ3v) is 16.2. The quantitative estimate of drug-likeness (QED) is 0.0865. The van der Waals surface area contributed by atoms with Crippen molar-refractivity contribution >= 4 is 78.5 Å². The number of hydrogen-bond acceptors (Lipinski definition) is 3. The molecule has 3 aromatic heterocycles. The number of benzene rings is 9. The molecule has 4 nitrogen and oxygen atoms in total. The fraction of sp³-hybridized carbons (Fsp3) is 0.194. The molecule has 0 unspecified atom stereocenters. The smallest absolute Gasteiger partial charge is 0.121 e. The van der Waals surface area contributed by atoms with Crippen LogP contribution < -0.4 is 5.19 Å². The van der Waals surface area contributed by atoms with Crippen LogP contribution >= 0.6 is 0 Å². The van der Waals surface area contributed by atoms with Crippen LogP contribution in [-0.2, 0) is 20.1 Å². The van der Waals surface area contributed by atoms with Crippen molar-refractivity contribution < 1.29 is 30.0 Å². The van der Waals surface area contributed by atoms with Crippen LogP contribution in [0.25, 0.3) is 105 Å². The predicted octanol–water partition coefficient (Wildman–Crippen LogP) is 18.3.